The molecule has 340 valence electrons. The molecule has 10 rings (SSSR count). The van der Waals surface area contributed by atoms with Gasteiger partial charge in [0.15, 0.2) is 0 Å². The van der Waals surface area contributed by atoms with Crippen LogP contribution < -0.4 is 0 Å². The van der Waals surface area contributed by atoms with Gasteiger partial charge in [0.25, 0.3) is 0 Å². The largest absolute Gasteiger partial charge is 2.00 e. The predicted octanol–water partition coefficient (Wildman–Crippen LogP) is 9.11. The second kappa shape index (κ2) is 27.8. The quantitative estimate of drug-likeness (QED) is 0.0781. The fourth-order valence-electron chi connectivity index (χ4n) is 6.32. The zero-order chi connectivity index (χ0) is 45.8. The van der Waals surface area contributed by atoms with Crippen LogP contribution in [0.5, 0.6) is 0 Å². The number of rotatable bonds is 8. The summed E-state index contributed by atoms with van der Waals surface area (Å²) in [6.45, 7) is 0. The maximum atomic E-state index is 7.13. The smallest absolute Gasteiger partial charge is 0.753 e. The minimum absolute atomic E-state index is 0. The van der Waals surface area contributed by atoms with Gasteiger partial charge in [0, 0.05) is 49.6 Å². The molecule has 0 atom stereocenters. The van der Waals surface area contributed by atoms with Crippen molar-refractivity contribution < 1.29 is 27.4 Å². The van der Waals surface area contributed by atoms with Gasteiger partial charge in [-0.15, -0.1) is 0 Å². The number of aromatic nitrogens is 12. The number of isothiocyanates is 2. The summed E-state index contributed by atoms with van der Waals surface area (Å²) in [5, 5.41) is 16.9. The Hall–Kier alpha value is -8.63. The Morgan fingerprint density at radius 1 is 0.261 bits per heavy atom. The van der Waals surface area contributed by atoms with Crippen LogP contribution in [0.15, 0.2) is 195 Å². The Bertz CT molecular complexity index is 2550. The van der Waals surface area contributed by atoms with E-state index in [0.29, 0.717) is 45.6 Å². The molecule has 0 aliphatic rings. The van der Waals surface area contributed by atoms with Crippen molar-refractivity contribution in [3.05, 3.63) is 206 Å². The van der Waals surface area contributed by atoms with Crippen molar-refractivity contribution in [3.8, 4) is 91.1 Å². The number of pyridine rings is 8. The third-order valence-electron chi connectivity index (χ3n) is 9.05. The van der Waals surface area contributed by atoms with Crippen molar-refractivity contribution >= 4 is 34.8 Å². The molecule has 0 saturated carbocycles. The van der Waals surface area contributed by atoms with Crippen molar-refractivity contribution in [2.24, 2.45) is 0 Å². The zero-order valence-corrected chi connectivity index (χ0v) is 38.5. The van der Waals surface area contributed by atoms with Crippen molar-refractivity contribution in [3.63, 3.8) is 0 Å². The molecule has 0 spiro atoms. The summed E-state index contributed by atoms with van der Waals surface area (Å²) >= 11 is 7.40. The van der Waals surface area contributed by atoms with Crippen LogP contribution in [0.25, 0.3) is 102 Å². The average Bonchev–Trinajstić information content (AvgIpc) is 3.40. The fourth-order valence-corrected chi connectivity index (χ4v) is 6.32. The third-order valence-corrected chi connectivity index (χ3v) is 9.05. The molecule has 16 nitrogen and oxygen atoms in total. The Labute approximate surface area is 416 Å². The first-order chi connectivity index (χ1) is 32.6. The molecule has 0 aliphatic carbocycles. The van der Waals surface area contributed by atoms with Gasteiger partial charge in [-0.1, -0.05) is 73.0 Å². The van der Waals surface area contributed by atoms with Gasteiger partial charge >= 0.3 is 16.5 Å². The van der Waals surface area contributed by atoms with Gasteiger partial charge in [0.1, 0.15) is 45.6 Å². The van der Waals surface area contributed by atoms with E-state index in [0.717, 1.165) is 45.6 Å². The van der Waals surface area contributed by atoms with Crippen LogP contribution in [0, 0.1) is 0 Å². The van der Waals surface area contributed by atoms with Crippen LogP contribution in [0.3, 0.4) is 0 Å². The molecule has 4 N–H and O–H groups in total. The maximum Gasteiger partial charge on any atom is 2.00 e. The summed E-state index contributed by atoms with van der Waals surface area (Å²) in [5.74, 6) is 0. The van der Waals surface area contributed by atoms with Gasteiger partial charge in [0.05, 0.1) is 45.6 Å². The fraction of sp³-hybridized carbons (Fsp3) is 0. The van der Waals surface area contributed by atoms with E-state index in [1.807, 2.05) is 146 Å². The Balaban J connectivity index is 0.000000260. The number of hydrogen-bond acceptors (Lipinski definition) is 14. The molecule has 10 aromatic rings. The topological polar surface area (TPSA) is 262 Å². The van der Waals surface area contributed by atoms with E-state index in [1.165, 1.54) is 10.3 Å². The van der Waals surface area contributed by atoms with Crippen LogP contribution in [0.2, 0.25) is 0 Å². The molecule has 0 radical (unpaired) electrons. The van der Waals surface area contributed by atoms with Gasteiger partial charge in [-0.25, -0.2) is 19.9 Å². The van der Waals surface area contributed by atoms with Gasteiger partial charge in [-0.3, -0.25) is 39.9 Å². The molecule has 69 heavy (non-hydrogen) atoms. The standard InChI is InChI=1S/2C24H16N6.2CNS.Ni.2H2O/c2*1-5-13-25-17(9-1)21-22(18-10-2-6-14-26-18)30-24(20-12-4-8-16-28-20)23(29-21)19-11-3-7-15-27-19;2*2-1-3;;;/h2*1-16H;;;;2*1H2/q;;2*-1;+2;;. The summed E-state index contributed by atoms with van der Waals surface area (Å²) in [4.78, 5) is 56.0. The molecule has 10 heterocycles. The molecule has 0 aliphatic heterocycles. The van der Waals surface area contributed by atoms with E-state index in [1.54, 1.807) is 49.6 Å². The monoisotopic (exact) mass is 986 g/mol. The first-order valence-electron chi connectivity index (χ1n) is 19.8. The molecule has 10 aromatic heterocycles. The Morgan fingerprint density at radius 2 is 0.377 bits per heavy atom. The molecule has 0 fully saturated rings. The van der Waals surface area contributed by atoms with Crippen molar-refractivity contribution in [2.75, 3.05) is 0 Å². The molecule has 0 aromatic carbocycles. The van der Waals surface area contributed by atoms with Crippen LogP contribution in [0.1, 0.15) is 0 Å². The van der Waals surface area contributed by atoms with Crippen molar-refractivity contribution in [2.45, 2.75) is 0 Å². The van der Waals surface area contributed by atoms with E-state index in [9.17, 15) is 0 Å². The van der Waals surface area contributed by atoms with Crippen molar-refractivity contribution in [1.29, 1.82) is 0 Å². The van der Waals surface area contributed by atoms with Crippen LogP contribution >= 0.6 is 24.4 Å². The summed E-state index contributed by atoms with van der Waals surface area (Å²) in [6, 6.07) is 45.8. The number of hydrogen-bond donors (Lipinski definition) is 0. The Kier molecular flexibility index (Phi) is 21.3. The average molecular weight is 988 g/mol. The van der Waals surface area contributed by atoms with Crippen LogP contribution in [-0.4, -0.2) is 81.1 Å². The summed E-state index contributed by atoms with van der Waals surface area (Å²) in [5.41, 5.74) is 10.9. The molecule has 19 heteroatoms. The predicted molar refractivity (Wildman–Crippen MR) is 269 cm³/mol. The minimum atomic E-state index is 0. The number of nitrogens with zero attached hydrogens (tertiary/aromatic N) is 14. The van der Waals surface area contributed by atoms with Crippen LogP contribution in [0.4, 0.5) is 0 Å². The van der Waals surface area contributed by atoms with E-state index in [2.05, 4.69) is 64.3 Å². The summed E-state index contributed by atoms with van der Waals surface area (Å²) in [6.07, 6.45) is 13.9. The van der Waals surface area contributed by atoms with Crippen molar-refractivity contribution in [1.82, 2.24) is 59.8 Å². The summed E-state index contributed by atoms with van der Waals surface area (Å²) in [7, 11) is 0. The third kappa shape index (κ3) is 13.7. The molecule has 0 bridgehead atoms. The minimum Gasteiger partial charge on any atom is -0.753 e. The second-order valence-electron chi connectivity index (χ2n) is 13.1. The van der Waals surface area contributed by atoms with E-state index < -0.39 is 0 Å². The SMILES string of the molecule is O.O.[N-]=C=S.[N-]=C=S.[Ni+2].c1ccc(-c2nc(-c3ccccn3)c(-c3ccccn3)nc2-c2ccccn2)nc1.c1ccc(-c2nc(-c3ccccn3)c(-c3ccccn3)nc2-c2ccccn2)nc1. The zero-order valence-electron chi connectivity index (χ0n) is 35.9. The molecule has 0 amide bonds. The van der Waals surface area contributed by atoms with E-state index >= 15 is 0 Å². The first kappa shape index (κ1) is 53.0. The molecular weight excluding hydrogens is 951 g/mol. The van der Waals surface area contributed by atoms with Gasteiger partial charge in [-0.05, 0) is 97.1 Å². The van der Waals surface area contributed by atoms with Gasteiger partial charge in [-0.2, -0.15) is 10.3 Å². The molecule has 0 saturated heterocycles. The van der Waals surface area contributed by atoms with Crippen LogP contribution in [-0.2, 0) is 16.5 Å². The number of thiocarbonyl (C=S) groups is 2. The summed E-state index contributed by atoms with van der Waals surface area (Å²) < 4.78 is 0. The Morgan fingerprint density at radius 3 is 0.464 bits per heavy atom. The second-order valence-corrected chi connectivity index (χ2v) is 13.5. The van der Waals surface area contributed by atoms with E-state index in [-0.39, 0.29) is 27.4 Å². The molecule has 0 unspecified atom stereocenters. The van der Waals surface area contributed by atoms with Gasteiger partial charge < -0.3 is 21.8 Å². The normalized spacial score (nSPS) is 9.51. The maximum absolute atomic E-state index is 7.13. The first-order valence-corrected chi connectivity index (χ1v) is 20.6. The van der Waals surface area contributed by atoms with E-state index in [4.69, 9.17) is 30.8 Å². The molecular formula is C50H36N14NiO2S2. The van der Waals surface area contributed by atoms with Gasteiger partial charge in [0.2, 0.25) is 0 Å².